The van der Waals surface area contributed by atoms with Gasteiger partial charge in [0.15, 0.2) is 0 Å². The van der Waals surface area contributed by atoms with Gasteiger partial charge in [-0.1, -0.05) is 31.9 Å². The quantitative estimate of drug-likeness (QED) is 0.797. The minimum atomic E-state index is -0.235. The van der Waals surface area contributed by atoms with E-state index in [0.717, 1.165) is 37.7 Å². The van der Waals surface area contributed by atoms with Crippen LogP contribution < -0.4 is 10.6 Å². The predicted octanol–water partition coefficient (Wildman–Crippen LogP) is 2.92. The zero-order chi connectivity index (χ0) is 17.9. The molecular weight excluding hydrogens is 319 g/mol. The van der Waals surface area contributed by atoms with E-state index in [2.05, 4.69) is 17.6 Å². The van der Waals surface area contributed by atoms with Crippen LogP contribution in [-0.2, 0) is 15.0 Å². The molecule has 2 saturated carbocycles. The van der Waals surface area contributed by atoms with Crippen LogP contribution in [0.3, 0.4) is 0 Å². The normalized spacial score (nSPS) is 23.9. The Balaban J connectivity index is 1.47. The van der Waals surface area contributed by atoms with Crippen LogP contribution >= 0.6 is 0 Å². The molecule has 136 valence electrons. The van der Waals surface area contributed by atoms with E-state index < -0.39 is 0 Å². The first-order valence-electron chi connectivity index (χ1n) is 9.31. The van der Waals surface area contributed by atoms with Crippen molar-refractivity contribution >= 4 is 11.8 Å². The molecule has 3 rings (SSSR count). The molecule has 25 heavy (non-hydrogen) atoms. The molecule has 0 spiro atoms. The molecule has 1 aromatic rings. The molecule has 2 atom stereocenters. The van der Waals surface area contributed by atoms with Gasteiger partial charge in [0.2, 0.25) is 11.8 Å². The number of rotatable bonds is 7. The molecule has 0 heterocycles. The minimum Gasteiger partial charge on any atom is -0.355 e. The zero-order valence-corrected chi connectivity index (χ0v) is 14.8. The zero-order valence-electron chi connectivity index (χ0n) is 14.8. The molecular formula is C20H27FN2O2. The average Bonchev–Trinajstić information content (AvgIpc) is 3.14. The average molecular weight is 346 g/mol. The molecule has 0 bridgehead atoms. The van der Waals surface area contributed by atoms with E-state index in [9.17, 15) is 14.0 Å². The number of hydrogen-bond acceptors (Lipinski definition) is 2. The van der Waals surface area contributed by atoms with E-state index in [1.54, 1.807) is 0 Å². The topological polar surface area (TPSA) is 58.2 Å². The van der Waals surface area contributed by atoms with Crippen LogP contribution in [0.4, 0.5) is 4.39 Å². The molecule has 0 unspecified atom stereocenters. The smallest absolute Gasteiger partial charge is 0.223 e. The Hall–Kier alpha value is -1.91. The van der Waals surface area contributed by atoms with Crippen molar-refractivity contribution in [2.45, 2.75) is 50.9 Å². The molecule has 5 heteroatoms. The summed E-state index contributed by atoms with van der Waals surface area (Å²) >= 11 is 0. The van der Waals surface area contributed by atoms with Gasteiger partial charge in [-0.25, -0.2) is 4.39 Å². The summed E-state index contributed by atoms with van der Waals surface area (Å²) in [5, 5.41) is 5.86. The Bertz CT molecular complexity index is 623. The lowest BCUT2D eigenvalue weighted by Gasteiger charge is -2.30. The second kappa shape index (κ2) is 7.54. The van der Waals surface area contributed by atoms with Gasteiger partial charge in [-0.3, -0.25) is 9.59 Å². The van der Waals surface area contributed by atoms with E-state index in [-0.39, 0.29) is 29.0 Å². The maximum atomic E-state index is 13.2. The van der Waals surface area contributed by atoms with Gasteiger partial charge >= 0.3 is 0 Å². The fraction of sp³-hybridized carbons (Fsp3) is 0.600. The third-order valence-corrected chi connectivity index (χ3v) is 5.74. The lowest BCUT2D eigenvalue weighted by atomic mass is 9.79. The SMILES string of the molecule is C[C@H]1C[C@H]1C(=O)NCCC(=O)NCC1(c2ccc(F)cc2)CCCC1. The van der Waals surface area contributed by atoms with Crippen molar-refractivity contribution in [3.8, 4) is 0 Å². The number of nitrogens with one attached hydrogen (secondary N) is 2. The summed E-state index contributed by atoms with van der Waals surface area (Å²) in [6.07, 6.45) is 5.53. The highest BCUT2D eigenvalue weighted by atomic mass is 19.1. The van der Waals surface area contributed by atoms with Crippen molar-refractivity contribution in [3.05, 3.63) is 35.6 Å². The summed E-state index contributed by atoms with van der Waals surface area (Å²) in [5.41, 5.74) is 1.01. The number of carbonyl (C=O) groups excluding carboxylic acids is 2. The van der Waals surface area contributed by atoms with Crippen molar-refractivity contribution in [3.63, 3.8) is 0 Å². The summed E-state index contributed by atoms with van der Waals surface area (Å²) in [6.45, 7) is 3.02. The van der Waals surface area contributed by atoms with E-state index in [1.165, 1.54) is 12.1 Å². The van der Waals surface area contributed by atoms with Crippen molar-refractivity contribution in [2.24, 2.45) is 11.8 Å². The van der Waals surface area contributed by atoms with Crippen LogP contribution in [0.5, 0.6) is 0 Å². The van der Waals surface area contributed by atoms with Crippen LogP contribution in [0.15, 0.2) is 24.3 Å². The Labute approximate surface area is 148 Å². The summed E-state index contributed by atoms with van der Waals surface area (Å²) in [5.74, 6) is 0.410. The first kappa shape index (κ1) is 17.9. The molecule has 2 aliphatic carbocycles. The van der Waals surface area contributed by atoms with Gasteiger partial charge in [0.05, 0.1) is 0 Å². The number of amides is 2. The molecule has 0 aromatic heterocycles. The highest BCUT2D eigenvalue weighted by Gasteiger charge is 2.39. The molecule has 2 fully saturated rings. The van der Waals surface area contributed by atoms with Crippen molar-refractivity contribution in [1.82, 2.24) is 10.6 Å². The Kier molecular flexibility index (Phi) is 5.40. The third-order valence-electron chi connectivity index (χ3n) is 5.74. The van der Waals surface area contributed by atoms with Gasteiger partial charge in [-0.05, 0) is 42.9 Å². The van der Waals surface area contributed by atoms with E-state index >= 15 is 0 Å². The third kappa shape index (κ3) is 4.39. The number of halogens is 1. The molecule has 2 aliphatic rings. The van der Waals surface area contributed by atoms with Gasteiger partial charge in [-0.15, -0.1) is 0 Å². The second-order valence-corrected chi connectivity index (χ2v) is 7.63. The van der Waals surface area contributed by atoms with Gasteiger partial charge in [0.25, 0.3) is 0 Å². The molecule has 4 nitrogen and oxygen atoms in total. The number of carbonyl (C=O) groups is 2. The Morgan fingerprint density at radius 1 is 1.16 bits per heavy atom. The summed E-state index contributed by atoms with van der Waals surface area (Å²) in [6, 6.07) is 6.66. The summed E-state index contributed by atoms with van der Waals surface area (Å²) in [7, 11) is 0. The van der Waals surface area contributed by atoms with Crippen LogP contribution in [0, 0.1) is 17.7 Å². The first-order chi connectivity index (χ1) is 12.0. The fourth-order valence-electron chi connectivity index (χ4n) is 3.90. The lowest BCUT2D eigenvalue weighted by Crippen LogP contribution is -2.40. The molecule has 2 N–H and O–H groups in total. The number of hydrogen-bond donors (Lipinski definition) is 2. The summed E-state index contributed by atoms with van der Waals surface area (Å²) < 4.78 is 13.2. The maximum absolute atomic E-state index is 13.2. The largest absolute Gasteiger partial charge is 0.355 e. The Morgan fingerprint density at radius 2 is 1.80 bits per heavy atom. The highest BCUT2D eigenvalue weighted by Crippen LogP contribution is 2.40. The fourth-order valence-corrected chi connectivity index (χ4v) is 3.90. The molecule has 0 saturated heterocycles. The predicted molar refractivity (Wildman–Crippen MR) is 94.5 cm³/mol. The minimum absolute atomic E-state index is 0.0440. The molecule has 0 radical (unpaired) electrons. The lowest BCUT2D eigenvalue weighted by molar-refractivity contribution is -0.123. The highest BCUT2D eigenvalue weighted by molar-refractivity contribution is 5.82. The maximum Gasteiger partial charge on any atom is 0.223 e. The van der Waals surface area contributed by atoms with Crippen LogP contribution in [0.2, 0.25) is 0 Å². The molecule has 0 aliphatic heterocycles. The van der Waals surface area contributed by atoms with E-state index in [0.29, 0.717) is 25.4 Å². The van der Waals surface area contributed by atoms with Gasteiger partial charge in [-0.2, -0.15) is 0 Å². The van der Waals surface area contributed by atoms with Crippen molar-refractivity contribution in [2.75, 3.05) is 13.1 Å². The standard InChI is InChI=1S/C20H27FN2O2/c1-14-12-17(14)19(25)22-11-8-18(24)23-13-20(9-2-3-10-20)15-4-6-16(21)7-5-15/h4-7,14,17H,2-3,8-13H2,1H3,(H,22,25)(H,23,24)/t14-,17+/m0/s1. The monoisotopic (exact) mass is 346 g/mol. The Morgan fingerprint density at radius 3 is 2.40 bits per heavy atom. The van der Waals surface area contributed by atoms with E-state index in [4.69, 9.17) is 0 Å². The summed E-state index contributed by atoms with van der Waals surface area (Å²) in [4.78, 5) is 23.9. The molecule has 1 aromatic carbocycles. The van der Waals surface area contributed by atoms with Crippen LogP contribution in [0.1, 0.15) is 51.0 Å². The van der Waals surface area contributed by atoms with Crippen LogP contribution in [-0.4, -0.2) is 24.9 Å². The van der Waals surface area contributed by atoms with E-state index in [1.807, 2.05) is 12.1 Å². The van der Waals surface area contributed by atoms with Gasteiger partial charge < -0.3 is 10.6 Å². The van der Waals surface area contributed by atoms with Gasteiger partial charge in [0, 0.05) is 30.8 Å². The first-order valence-corrected chi connectivity index (χ1v) is 9.31. The van der Waals surface area contributed by atoms with Crippen molar-refractivity contribution in [1.29, 1.82) is 0 Å². The van der Waals surface area contributed by atoms with Gasteiger partial charge in [0.1, 0.15) is 5.82 Å². The molecule has 2 amide bonds. The van der Waals surface area contributed by atoms with Crippen molar-refractivity contribution < 1.29 is 14.0 Å². The second-order valence-electron chi connectivity index (χ2n) is 7.63. The van der Waals surface area contributed by atoms with Crippen LogP contribution in [0.25, 0.3) is 0 Å². The number of benzene rings is 1.